The van der Waals surface area contributed by atoms with Gasteiger partial charge in [-0.1, -0.05) is 0 Å². The van der Waals surface area contributed by atoms with Crippen molar-refractivity contribution in [3.63, 3.8) is 0 Å². The highest BCUT2D eigenvalue weighted by atomic mass is 16.3. The Morgan fingerprint density at radius 1 is 1.15 bits per heavy atom. The summed E-state index contributed by atoms with van der Waals surface area (Å²) >= 11 is 0. The molecular formula is C18H17N4O4+. The zero-order valence-corrected chi connectivity index (χ0v) is 14.2. The van der Waals surface area contributed by atoms with Crippen LogP contribution < -0.4 is 5.73 Å². The Bertz CT molecular complexity index is 1010. The Morgan fingerprint density at radius 3 is 2.46 bits per heavy atom. The quantitative estimate of drug-likeness (QED) is 0.573. The molecule has 4 N–H and O–H groups in total. The fraction of sp³-hybridized carbons (Fsp3) is 0.167. The summed E-state index contributed by atoms with van der Waals surface area (Å²) in [6, 6.07) is 7.85. The second kappa shape index (κ2) is 6.40. The van der Waals surface area contributed by atoms with Crippen LogP contribution in [-0.2, 0) is 11.2 Å². The van der Waals surface area contributed by atoms with Crippen LogP contribution in [0.4, 0.5) is 5.69 Å². The number of fused-ring (bicyclic) bond motifs is 1. The highest BCUT2D eigenvalue weighted by Gasteiger charge is 2.23. The Kier molecular flexibility index (Phi) is 4.25. The Hall–Kier alpha value is -3.55. The summed E-state index contributed by atoms with van der Waals surface area (Å²) in [6.45, 7) is 1.79. The van der Waals surface area contributed by atoms with Crippen LogP contribution in [-0.4, -0.2) is 39.4 Å². The van der Waals surface area contributed by atoms with Crippen LogP contribution in [0.25, 0.3) is 0 Å². The number of benzene rings is 2. The van der Waals surface area contributed by atoms with Gasteiger partial charge in [-0.05, 0) is 36.8 Å². The minimum Gasteiger partial charge on any atom is -0.504 e. The molecule has 1 heterocycles. The van der Waals surface area contributed by atoms with E-state index in [1.807, 2.05) is 0 Å². The van der Waals surface area contributed by atoms with Gasteiger partial charge >= 0.3 is 0 Å². The SMILES string of the molecule is Cc1cc(C2=NN=C(C(N)=O)Cc3cc(O)c(O)cc32)ccc1[N+](C)=O. The van der Waals surface area contributed by atoms with Gasteiger partial charge < -0.3 is 15.9 Å². The molecule has 0 bridgehead atoms. The number of phenols is 2. The van der Waals surface area contributed by atoms with E-state index in [4.69, 9.17) is 5.73 Å². The lowest BCUT2D eigenvalue weighted by molar-refractivity contribution is -0.428. The van der Waals surface area contributed by atoms with Crippen molar-refractivity contribution >= 4 is 23.0 Å². The van der Waals surface area contributed by atoms with Gasteiger partial charge in [0.2, 0.25) is 0 Å². The molecule has 0 fully saturated rings. The molecule has 0 aliphatic carbocycles. The highest BCUT2D eigenvalue weighted by molar-refractivity contribution is 6.39. The number of nitroso groups, excluding NO2 is 1. The molecule has 8 heteroatoms. The summed E-state index contributed by atoms with van der Waals surface area (Å²) in [5, 5.41) is 27.8. The lowest BCUT2D eigenvalue weighted by atomic mass is 9.93. The summed E-state index contributed by atoms with van der Waals surface area (Å²) in [4.78, 5) is 23.1. The molecule has 0 spiro atoms. The molecule has 132 valence electrons. The van der Waals surface area contributed by atoms with Crippen LogP contribution >= 0.6 is 0 Å². The van der Waals surface area contributed by atoms with E-state index in [0.29, 0.717) is 28.1 Å². The molecule has 0 saturated heterocycles. The Morgan fingerprint density at radius 2 is 1.85 bits per heavy atom. The van der Waals surface area contributed by atoms with Crippen LogP contribution in [0.3, 0.4) is 0 Å². The van der Waals surface area contributed by atoms with Gasteiger partial charge in [0.15, 0.2) is 18.5 Å². The molecule has 8 nitrogen and oxygen atoms in total. The standard InChI is InChI=1S/C18H16N4O4/c1-9-5-10(3-4-14(9)22(2)26)17-12-8-16(24)15(23)7-11(12)6-13(18(19)25)20-21-17/h3-5,7-8H,6H2,1-2H3,(H3-,19,20,21,23,24,25,26)/p+1. The van der Waals surface area contributed by atoms with Crippen molar-refractivity contribution in [3.8, 4) is 11.5 Å². The first-order chi connectivity index (χ1) is 12.3. The molecule has 1 aliphatic rings. The minimum absolute atomic E-state index is 0.0407. The predicted molar refractivity (Wildman–Crippen MR) is 96.1 cm³/mol. The molecule has 0 atom stereocenters. The number of nitrogens with two attached hydrogens (primary N) is 1. The van der Waals surface area contributed by atoms with Crippen molar-refractivity contribution in [2.75, 3.05) is 7.05 Å². The number of primary amides is 1. The van der Waals surface area contributed by atoms with Crippen molar-refractivity contribution in [2.45, 2.75) is 13.3 Å². The van der Waals surface area contributed by atoms with Crippen molar-refractivity contribution in [1.29, 1.82) is 0 Å². The van der Waals surface area contributed by atoms with Gasteiger partial charge in [-0.25, -0.2) is 0 Å². The molecule has 26 heavy (non-hydrogen) atoms. The van der Waals surface area contributed by atoms with Crippen molar-refractivity contribution in [2.24, 2.45) is 15.9 Å². The zero-order chi connectivity index (χ0) is 19.0. The Balaban J connectivity index is 2.22. The lowest BCUT2D eigenvalue weighted by Gasteiger charge is -2.11. The third-order valence-corrected chi connectivity index (χ3v) is 4.18. The molecule has 2 aromatic carbocycles. The van der Waals surface area contributed by atoms with E-state index in [2.05, 4.69) is 10.2 Å². The number of phenolic OH excluding ortho intramolecular Hbond substituents is 2. The average Bonchev–Trinajstić information content (AvgIpc) is 2.74. The van der Waals surface area contributed by atoms with Crippen molar-refractivity contribution in [3.05, 3.63) is 57.5 Å². The van der Waals surface area contributed by atoms with Crippen molar-refractivity contribution in [1.82, 2.24) is 0 Å². The molecule has 0 unspecified atom stereocenters. The predicted octanol–water partition coefficient (Wildman–Crippen LogP) is 1.68. The van der Waals surface area contributed by atoms with E-state index in [1.165, 1.54) is 19.2 Å². The third-order valence-electron chi connectivity index (χ3n) is 4.18. The molecule has 1 aliphatic heterocycles. The van der Waals surface area contributed by atoms with Crippen LogP contribution in [0, 0.1) is 11.8 Å². The summed E-state index contributed by atoms with van der Waals surface area (Å²) in [6.07, 6.45) is 0.0753. The van der Waals surface area contributed by atoms with Crippen LogP contribution in [0.5, 0.6) is 11.5 Å². The summed E-state index contributed by atoms with van der Waals surface area (Å²) in [7, 11) is 1.41. The maximum atomic E-state index is 11.6. The number of rotatable bonds is 3. The smallest absolute Gasteiger partial charge is 0.265 e. The van der Waals surface area contributed by atoms with Gasteiger partial charge in [-0.15, -0.1) is 10.2 Å². The normalized spacial score (nSPS) is 13.3. The minimum atomic E-state index is -0.715. The molecule has 0 aromatic heterocycles. The lowest BCUT2D eigenvalue weighted by Crippen LogP contribution is -2.24. The first-order valence-corrected chi connectivity index (χ1v) is 7.79. The number of hydrogen-bond acceptors (Lipinski definition) is 6. The third kappa shape index (κ3) is 3.04. The van der Waals surface area contributed by atoms with Crippen molar-refractivity contribution < 1.29 is 19.8 Å². The number of amides is 1. The number of nitrogens with zero attached hydrogens (tertiary/aromatic N) is 3. The van der Waals surface area contributed by atoms with Crippen LogP contribution in [0.2, 0.25) is 0 Å². The van der Waals surface area contributed by atoms with E-state index >= 15 is 0 Å². The summed E-state index contributed by atoms with van der Waals surface area (Å²) in [5.41, 5.74) is 8.73. The first-order valence-electron chi connectivity index (χ1n) is 7.79. The second-order valence-corrected chi connectivity index (χ2v) is 6.03. The zero-order valence-electron chi connectivity index (χ0n) is 14.2. The molecule has 2 aromatic rings. The number of hydrogen-bond donors (Lipinski definition) is 3. The van der Waals surface area contributed by atoms with Crippen LogP contribution in [0.1, 0.15) is 22.3 Å². The topological polar surface area (TPSA) is 128 Å². The average molecular weight is 353 g/mol. The van der Waals surface area contributed by atoms with Gasteiger partial charge in [0.25, 0.3) is 11.6 Å². The highest BCUT2D eigenvalue weighted by Crippen LogP contribution is 2.32. The summed E-state index contributed by atoms with van der Waals surface area (Å²) in [5.74, 6) is -1.34. The molecule has 3 rings (SSSR count). The molecular weight excluding hydrogens is 336 g/mol. The van der Waals surface area contributed by atoms with E-state index < -0.39 is 5.91 Å². The monoisotopic (exact) mass is 353 g/mol. The largest absolute Gasteiger partial charge is 0.504 e. The number of aryl methyl sites for hydroxylation is 1. The maximum Gasteiger partial charge on any atom is 0.265 e. The van der Waals surface area contributed by atoms with E-state index in [0.717, 1.165) is 10.3 Å². The Labute approximate surface area is 148 Å². The van der Waals surface area contributed by atoms with Gasteiger partial charge in [0.05, 0.1) is 0 Å². The maximum absolute atomic E-state index is 11.6. The summed E-state index contributed by atoms with van der Waals surface area (Å²) < 4.78 is 0.759. The van der Waals surface area contributed by atoms with E-state index in [-0.39, 0.29) is 23.6 Å². The number of carbonyl (C=O) groups excluding carboxylic acids is 1. The van der Waals surface area contributed by atoms with Gasteiger partial charge in [-0.3, -0.25) is 4.79 Å². The fourth-order valence-electron chi connectivity index (χ4n) is 2.87. The number of aromatic hydroxyl groups is 2. The van der Waals surface area contributed by atoms with Gasteiger partial charge in [-0.2, -0.15) is 0 Å². The van der Waals surface area contributed by atoms with Gasteiger partial charge in [0, 0.05) is 38.8 Å². The fourth-order valence-corrected chi connectivity index (χ4v) is 2.87. The van der Waals surface area contributed by atoms with Crippen LogP contribution in [0.15, 0.2) is 40.5 Å². The van der Waals surface area contributed by atoms with E-state index in [9.17, 15) is 19.9 Å². The molecule has 1 amide bonds. The first kappa shape index (κ1) is 17.3. The molecule has 0 saturated carbocycles. The second-order valence-electron chi connectivity index (χ2n) is 6.03. The van der Waals surface area contributed by atoms with Gasteiger partial charge in [0.1, 0.15) is 11.4 Å². The number of carbonyl (C=O) groups is 1. The molecule has 0 radical (unpaired) electrons. The van der Waals surface area contributed by atoms with E-state index in [1.54, 1.807) is 25.1 Å².